The van der Waals surface area contributed by atoms with Crippen LogP contribution in [0.25, 0.3) is 16.6 Å². The molecule has 1 aromatic carbocycles. The fourth-order valence-electron chi connectivity index (χ4n) is 4.63. The van der Waals surface area contributed by atoms with Crippen LogP contribution >= 0.6 is 11.8 Å². The summed E-state index contributed by atoms with van der Waals surface area (Å²) >= 11 is 1.46. The summed E-state index contributed by atoms with van der Waals surface area (Å²) in [4.78, 5) is 13.0. The summed E-state index contributed by atoms with van der Waals surface area (Å²) < 4.78 is 3.74. The van der Waals surface area contributed by atoms with E-state index in [4.69, 9.17) is 0 Å². The highest BCUT2D eigenvalue weighted by molar-refractivity contribution is 7.99. The SMILES string of the molecule is CC(=O)N[C@H]1CC[C@@H](n2cc(-c3cc(Sc4ccccc4C#N)c4c(C#N)cnn4c3)cn2)CC1. The van der Waals surface area contributed by atoms with E-state index in [-0.39, 0.29) is 11.9 Å². The number of hydrogen-bond acceptors (Lipinski definition) is 6. The van der Waals surface area contributed by atoms with Crippen molar-refractivity contribution >= 4 is 23.2 Å². The molecule has 0 unspecified atom stereocenters. The van der Waals surface area contributed by atoms with Gasteiger partial charge in [-0.3, -0.25) is 9.48 Å². The third-order valence-electron chi connectivity index (χ3n) is 6.34. The van der Waals surface area contributed by atoms with Gasteiger partial charge in [-0.1, -0.05) is 23.9 Å². The van der Waals surface area contributed by atoms with Crippen molar-refractivity contribution in [2.75, 3.05) is 0 Å². The van der Waals surface area contributed by atoms with Crippen molar-refractivity contribution in [3.8, 4) is 23.3 Å². The van der Waals surface area contributed by atoms with Gasteiger partial charge in [-0.15, -0.1) is 0 Å². The molecule has 0 saturated heterocycles. The van der Waals surface area contributed by atoms with E-state index in [2.05, 4.69) is 33.8 Å². The van der Waals surface area contributed by atoms with Crippen LogP contribution in [0.5, 0.6) is 0 Å². The lowest BCUT2D eigenvalue weighted by Gasteiger charge is -2.28. The molecule has 0 spiro atoms. The normalized spacial score (nSPS) is 17.6. The van der Waals surface area contributed by atoms with Crippen molar-refractivity contribution < 1.29 is 4.79 Å². The van der Waals surface area contributed by atoms with Crippen LogP contribution in [-0.2, 0) is 4.79 Å². The summed E-state index contributed by atoms with van der Waals surface area (Å²) in [6, 6.07) is 14.5. The zero-order valence-corrected chi connectivity index (χ0v) is 20.0. The average molecular weight is 482 g/mol. The van der Waals surface area contributed by atoms with Crippen molar-refractivity contribution in [2.24, 2.45) is 0 Å². The van der Waals surface area contributed by atoms with Crippen molar-refractivity contribution in [3.05, 3.63) is 66.2 Å². The van der Waals surface area contributed by atoms with Gasteiger partial charge < -0.3 is 5.32 Å². The van der Waals surface area contributed by atoms with E-state index in [1.54, 1.807) is 23.7 Å². The minimum Gasteiger partial charge on any atom is -0.354 e. The molecule has 0 aliphatic heterocycles. The number of carbonyl (C=O) groups is 1. The predicted octanol–water partition coefficient (Wildman–Crippen LogP) is 4.71. The second kappa shape index (κ2) is 9.65. The first-order valence-corrected chi connectivity index (χ1v) is 12.3. The number of amides is 1. The lowest BCUT2D eigenvalue weighted by atomic mass is 9.91. The molecular weight excluding hydrogens is 458 g/mol. The van der Waals surface area contributed by atoms with Crippen molar-refractivity contribution in [1.82, 2.24) is 24.7 Å². The fourth-order valence-corrected chi connectivity index (χ4v) is 5.72. The van der Waals surface area contributed by atoms with Crippen molar-refractivity contribution in [2.45, 2.75) is 54.5 Å². The first-order valence-electron chi connectivity index (χ1n) is 11.5. The van der Waals surface area contributed by atoms with Gasteiger partial charge in [-0.2, -0.15) is 20.7 Å². The predicted molar refractivity (Wildman–Crippen MR) is 132 cm³/mol. The van der Waals surface area contributed by atoms with E-state index < -0.39 is 0 Å². The second-order valence-electron chi connectivity index (χ2n) is 8.68. The molecule has 9 heteroatoms. The zero-order valence-electron chi connectivity index (χ0n) is 19.2. The average Bonchev–Trinajstić information content (AvgIpc) is 3.52. The minimum absolute atomic E-state index is 0.0226. The smallest absolute Gasteiger partial charge is 0.217 e. The molecule has 3 heterocycles. The summed E-state index contributed by atoms with van der Waals surface area (Å²) in [7, 11) is 0. The topological polar surface area (TPSA) is 112 Å². The number of carbonyl (C=O) groups excluding carboxylic acids is 1. The Morgan fingerprint density at radius 1 is 1.00 bits per heavy atom. The Bertz CT molecular complexity index is 1480. The third-order valence-corrected chi connectivity index (χ3v) is 7.44. The van der Waals surface area contributed by atoms with E-state index in [9.17, 15) is 15.3 Å². The van der Waals surface area contributed by atoms with Gasteiger partial charge in [0.05, 0.1) is 35.1 Å². The first kappa shape index (κ1) is 22.7. The zero-order chi connectivity index (χ0) is 24.4. The van der Waals surface area contributed by atoms with Gasteiger partial charge >= 0.3 is 0 Å². The van der Waals surface area contributed by atoms with Crippen LogP contribution in [0.3, 0.4) is 0 Å². The van der Waals surface area contributed by atoms with Crippen molar-refractivity contribution in [1.29, 1.82) is 10.5 Å². The monoisotopic (exact) mass is 481 g/mol. The number of fused-ring (bicyclic) bond motifs is 1. The van der Waals surface area contributed by atoms with E-state index in [0.717, 1.165) is 52.1 Å². The van der Waals surface area contributed by atoms with Gasteiger partial charge in [-0.05, 0) is 43.9 Å². The molecule has 4 aromatic rings. The van der Waals surface area contributed by atoms with Crippen LogP contribution < -0.4 is 5.32 Å². The van der Waals surface area contributed by atoms with Crippen molar-refractivity contribution in [3.63, 3.8) is 0 Å². The van der Waals surface area contributed by atoms with Crippen LogP contribution in [0.4, 0.5) is 0 Å². The maximum absolute atomic E-state index is 11.3. The van der Waals surface area contributed by atoms with Crippen LogP contribution in [0, 0.1) is 22.7 Å². The molecule has 1 saturated carbocycles. The highest BCUT2D eigenvalue weighted by atomic mass is 32.2. The molecule has 1 aliphatic carbocycles. The second-order valence-corrected chi connectivity index (χ2v) is 9.77. The highest BCUT2D eigenvalue weighted by Crippen LogP contribution is 2.37. The Balaban J connectivity index is 1.46. The fraction of sp³-hybridized carbons (Fsp3) is 0.269. The lowest BCUT2D eigenvalue weighted by Crippen LogP contribution is -2.36. The number of benzene rings is 1. The van der Waals surface area contributed by atoms with Crippen LogP contribution in [-0.4, -0.2) is 31.3 Å². The van der Waals surface area contributed by atoms with Gasteiger partial charge in [0.2, 0.25) is 5.91 Å². The number of pyridine rings is 1. The quantitative estimate of drug-likeness (QED) is 0.442. The number of rotatable bonds is 5. The summed E-state index contributed by atoms with van der Waals surface area (Å²) in [5, 5.41) is 31.2. The van der Waals surface area contributed by atoms with Crippen LogP contribution in [0.2, 0.25) is 0 Å². The molecule has 1 amide bonds. The largest absolute Gasteiger partial charge is 0.354 e. The van der Waals surface area contributed by atoms with E-state index in [0.29, 0.717) is 17.2 Å². The number of aromatic nitrogens is 4. The third kappa shape index (κ3) is 4.64. The molecule has 0 bridgehead atoms. The highest BCUT2D eigenvalue weighted by Gasteiger charge is 2.24. The number of nitriles is 2. The molecule has 1 fully saturated rings. The number of nitrogens with one attached hydrogen (secondary N) is 1. The maximum Gasteiger partial charge on any atom is 0.217 e. The summed E-state index contributed by atoms with van der Waals surface area (Å²) in [6.45, 7) is 1.56. The van der Waals surface area contributed by atoms with Gasteiger partial charge in [0.1, 0.15) is 12.1 Å². The molecule has 35 heavy (non-hydrogen) atoms. The van der Waals surface area contributed by atoms with E-state index >= 15 is 0 Å². The number of hydrogen-bond donors (Lipinski definition) is 1. The Morgan fingerprint density at radius 2 is 1.77 bits per heavy atom. The molecule has 0 atom stereocenters. The van der Waals surface area contributed by atoms with Crippen LogP contribution in [0.1, 0.15) is 49.8 Å². The Morgan fingerprint density at radius 3 is 2.51 bits per heavy atom. The minimum atomic E-state index is 0.0226. The van der Waals surface area contributed by atoms with Gasteiger partial charge in [-0.25, -0.2) is 4.52 Å². The summed E-state index contributed by atoms with van der Waals surface area (Å²) in [5.74, 6) is 0.0226. The first-order chi connectivity index (χ1) is 17.1. The summed E-state index contributed by atoms with van der Waals surface area (Å²) in [6.07, 6.45) is 11.2. The molecule has 174 valence electrons. The molecule has 1 aliphatic rings. The van der Waals surface area contributed by atoms with Gasteiger partial charge in [0, 0.05) is 46.3 Å². The molecule has 8 nitrogen and oxygen atoms in total. The Hall–Kier alpha value is -4.08. The summed E-state index contributed by atoms with van der Waals surface area (Å²) in [5.41, 5.74) is 3.68. The van der Waals surface area contributed by atoms with Gasteiger partial charge in [0.25, 0.3) is 0 Å². The Labute approximate surface area is 207 Å². The molecule has 3 aromatic heterocycles. The maximum atomic E-state index is 11.3. The van der Waals surface area contributed by atoms with Crippen LogP contribution in [0.15, 0.2) is 64.9 Å². The lowest BCUT2D eigenvalue weighted by molar-refractivity contribution is -0.119. The number of nitrogens with zero attached hydrogens (tertiary/aromatic N) is 6. The molecule has 0 radical (unpaired) electrons. The molecule has 1 N–H and O–H groups in total. The Kier molecular flexibility index (Phi) is 6.26. The standard InChI is InChI=1S/C26H23N7OS/c1-17(34)31-22-6-8-23(9-7-22)32-16-21(14-29-32)19-10-25(26-20(12-28)13-30-33(26)15-19)35-24-5-3-2-4-18(24)11-27/h2-5,10,13-16,22-23H,6-9H2,1H3,(H,31,34)/t22-,23+. The van der Waals surface area contributed by atoms with E-state index in [1.807, 2.05) is 41.3 Å². The molecule has 5 rings (SSSR count). The van der Waals surface area contributed by atoms with Gasteiger partial charge in [0.15, 0.2) is 0 Å². The molecular formula is C26H23N7OS. The van der Waals surface area contributed by atoms with E-state index in [1.165, 1.54) is 11.8 Å².